The van der Waals surface area contributed by atoms with Gasteiger partial charge in [-0.15, -0.1) is 5.10 Å². The van der Waals surface area contributed by atoms with Gasteiger partial charge in [-0.2, -0.15) is 18.3 Å². The number of amides is 1. The number of alkyl halides is 3. The number of primary amides is 1. The van der Waals surface area contributed by atoms with Crippen LogP contribution in [0.25, 0.3) is 11.4 Å². The molecule has 0 radical (unpaired) electrons. The predicted molar refractivity (Wildman–Crippen MR) is 111 cm³/mol. The van der Waals surface area contributed by atoms with Gasteiger partial charge in [0.05, 0.1) is 17.6 Å². The topological polar surface area (TPSA) is 104 Å². The zero-order valence-electron chi connectivity index (χ0n) is 17.4. The van der Waals surface area contributed by atoms with E-state index >= 15 is 0 Å². The molecule has 4 aromatic rings. The lowest BCUT2D eigenvalue weighted by atomic mass is 10.2. The number of carbonyl (C=O) groups excluding carboxylic acids is 1. The molecule has 1 amide bonds. The number of anilines is 2. The second-order valence-corrected chi connectivity index (χ2v) is 7.06. The number of aryl methyl sites for hydroxylation is 1. The number of carbonyl (C=O) groups is 1. The molecule has 3 N–H and O–H groups in total. The Hall–Kier alpha value is -4.29. The van der Waals surface area contributed by atoms with Crippen molar-refractivity contribution in [2.45, 2.75) is 19.5 Å². The largest absolute Gasteiger partial charge is 0.453 e. The summed E-state index contributed by atoms with van der Waals surface area (Å²) in [5.41, 5.74) is 5.37. The number of nitrogens with one attached hydrogen (secondary N) is 1. The van der Waals surface area contributed by atoms with E-state index in [1.165, 1.54) is 36.5 Å². The van der Waals surface area contributed by atoms with E-state index in [2.05, 4.69) is 20.5 Å². The van der Waals surface area contributed by atoms with Gasteiger partial charge >= 0.3 is 6.18 Å². The van der Waals surface area contributed by atoms with Crippen LogP contribution in [0.15, 0.2) is 48.7 Å². The van der Waals surface area contributed by atoms with Gasteiger partial charge in [-0.1, -0.05) is 13.0 Å². The van der Waals surface area contributed by atoms with Crippen molar-refractivity contribution in [2.24, 2.45) is 5.73 Å². The number of hydrogen-bond donors (Lipinski definition) is 2. The Bertz CT molecular complexity index is 1340. The van der Waals surface area contributed by atoms with Crippen molar-refractivity contribution in [3.63, 3.8) is 0 Å². The normalized spacial score (nSPS) is 11.6. The minimum atomic E-state index is -4.68. The van der Waals surface area contributed by atoms with Gasteiger partial charge in [0.2, 0.25) is 0 Å². The third kappa shape index (κ3) is 4.31. The van der Waals surface area contributed by atoms with Crippen molar-refractivity contribution >= 4 is 17.3 Å². The first-order valence-corrected chi connectivity index (χ1v) is 9.83. The Morgan fingerprint density at radius 1 is 1.06 bits per heavy atom. The minimum Gasteiger partial charge on any atom is -0.364 e. The van der Waals surface area contributed by atoms with Gasteiger partial charge in [0.15, 0.2) is 17.3 Å². The van der Waals surface area contributed by atoms with Crippen molar-refractivity contribution in [1.29, 1.82) is 0 Å². The Kier molecular flexibility index (Phi) is 5.77. The van der Waals surface area contributed by atoms with Crippen molar-refractivity contribution in [3.05, 3.63) is 77.6 Å². The van der Waals surface area contributed by atoms with Gasteiger partial charge < -0.3 is 11.1 Å². The molecule has 0 unspecified atom stereocenters. The molecule has 0 spiro atoms. The van der Waals surface area contributed by atoms with E-state index < -0.39 is 35.2 Å². The minimum absolute atomic E-state index is 0.0669. The lowest BCUT2D eigenvalue weighted by Crippen LogP contribution is -2.14. The molecule has 2 heterocycles. The number of nitrogens with zero attached hydrogens (tertiary/aromatic N) is 5. The quantitative estimate of drug-likeness (QED) is 0.406. The number of para-hydroxylation sites is 1. The summed E-state index contributed by atoms with van der Waals surface area (Å²) < 4.78 is 69.1. The summed E-state index contributed by atoms with van der Waals surface area (Å²) in [6, 6.07) is 9.25. The summed E-state index contributed by atoms with van der Waals surface area (Å²) in [6.45, 7) is 1.65. The Labute approximate surface area is 188 Å². The number of rotatable bonds is 6. The fourth-order valence-corrected chi connectivity index (χ4v) is 3.21. The van der Waals surface area contributed by atoms with Crippen LogP contribution < -0.4 is 11.1 Å². The fourth-order valence-electron chi connectivity index (χ4n) is 3.21. The first-order chi connectivity index (χ1) is 16.1. The molecule has 0 atom stereocenters. The molecule has 0 fully saturated rings. The number of benzene rings is 2. The monoisotopic (exact) mass is 477 g/mol. The number of halogens is 5. The molecular formula is C21H16F5N7O. The third-order valence-electron chi connectivity index (χ3n) is 4.75. The maximum absolute atomic E-state index is 14.1. The Morgan fingerprint density at radius 2 is 1.71 bits per heavy atom. The van der Waals surface area contributed by atoms with Crippen molar-refractivity contribution < 1.29 is 26.7 Å². The van der Waals surface area contributed by atoms with Gasteiger partial charge in [0.1, 0.15) is 11.5 Å². The maximum Gasteiger partial charge on any atom is 0.453 e. The highest BCUT2D eigenvalue weighted by Gasteiger charge is 2.37. The van der Waals surface area contributed by atoms with Gasteiger partial charge in [-0.05, 0) is 36.4 Å². The molecule has 0 bridgehead atoms. The molecule has 0 saturated carbocycles. The molecule has 176 valence electrons. The van der Waals surface area contributed by atoms with Crippen molar-refractivity contribution in [3.8, 4) is 11.4 Å². The second-order valence-electron chi connectivity index (χ2n) is 7.06. The predicted octanol–water partition coefficient (Wildman–Crippen LogP) is 4.15. The number of nitrogens with two attached hydrogens (primary N) is 1. The first kappa shape index (κ1) is 22.9. The highest BCUT2D eigenvalue weighted by Crippen LogP contribution is 2.28. The van der Waals surface area contributed by atoms with Crippen LogP contribution in [-0.4, -0.2) is 30.5 Å². The molecule has 0 aliphatic rings. The van der Waals surface area contributed by atoms with Crippen molar-refractivity contribution in [1.82, 2.24) is 24.5 Å². The summed E-state index contributed by atoms with van der Waals surface area (Å²) in [4.78, 5) is 15.4. The smallest absolute Gasteiger partial charge is 0.364 e. The van der Waals surface area contributed by atoms with Gasteiger partial charge in [-0.25, -0.2) is 23.1 Å². The van der Waals surface area contributed by atoms with E-state index in [0.29, 0.717) is 11.4 Å². The van der Waals surface area contributed by atoms with Crippen LogP contribution in [0.3, 0.4) is 0 Å². The second kappa shape index (κ2) is 8.57. The standard InChI is InChI=1S/C21H16F5N7O/c1-2-16-29-20(21(24,25)26)31-33(16)12-8-6-11(7-9-12)28-15-10-32(30-17(15)19(27)34)18-13(22)4-3-5-14(18)23/h3-10,28H,2H2,1H3,(H2,27,34). The van der Waals surface area contributed by atoms with Crippen molar-refractivity contribution in [2.75, 3.05) is 5.32 Å². The molecule has 13 heteroatoms. The molecule has 2 aromatic heterocycles. The van der Waals surface area contributed by atoms with Crippen LogP contribution in [0.2, 0.25) is 0 Å². The molecule has 4 rings (SSSR count). The molecule has 8 nitrogen and oxygen atoms in total. The zero-order chi connectivity index (χ0) is 24.6. The lowest BCUT2D eigenvalue weighted by Gasteiger charge is -2.08. The summed E-state index contributed by atoms with van der Waals surface area (Å²) >= 11 is 0. The molecule has 2 aromatic carbocycles. The van der Waals surface area contributed by atoms with E-state index in [-0.39, 0.29) is 23.6 Å². The highest BCUT2D eigenvalue weighted by atomic mass is 19.4. The molecule has 0 saturated heterocycles. The molecule has 0 aliphatic carbocycles. The molecule has 34 heavy (non-hydrogen) atoms. The summed E-state index contributed by atoms with van der Waals surface area (Å²) in [5.74, 6) is -3.85. The van der Waals surface area contributed by atoms with Crippen LogP contribution in [0.4, 0.5) is 33.3 Å². The Balaban J connectivity index is 1.65. The summed E-state index contributed by atoms with van der Waals surface area (Å²) in [7, 11) is 0. The third-order valence-corrected chi connectivity index (χ3v) is 4.75. The fraction of sp³-hybridized carbons (Fsp3) is 0.143. The van der Waals surface area contributed by atoms with Gasteiger partial charge in [0, 0.05) is 12.1 Å². The lowest BCUT2D eigenvalue weighted by molar-refractivity contribution is -0.144. The maximum atomic E-state index is 14.1. The van der Waals surface area contributed by atoms with Crippen LogP contribution in [0.5, 0.6) is 0 Å². The zero-order valence-corrected chi connectivity index (χ0v) is 17.4. The van der Waals surface area contributed by atoms with Crippen LogP contribution >= 0.6 is 0 Å². The Morgan fingerprint density at radius 3 is 2.26 bits per heavy atom. The van der Waals surface area contributed by atoms with E-state index in [4.69, 9.17) is 5.73 Å². The van der Waals surface area contributed by atoms with Gasteiger partial charge in [-0.3, -0.25) is 4.79 Å². The average Bonchev–Trinajstić information content (AvgIpc) is 3.39. The molecular weight excluding hydrogens is 461 g/mol. The van der Waals surface area contributed by atoms with E-state index in [1.54, 1.807) is 6.92 Å². The molecule has 0 aliphatic heterocycles. The number of hydrogen-bond acceptors (Lipinski definition) is 5. The van der Waals surface area contributed by atoms with E-state index in [1.807, 2.05) is 0 Å². The van der Waals surface area contributed by atoms with Gasteiger partial charge in [0.25, 0.3) is 11.7 Å². The van der Waals surface area contributed by atoms with Crippen LogP contribution in [0, 0.1) is 11.6 Å². The SMILES string of the molecule is CCc1nc(C(F)(F)F)nn1-c1ccc(Nc2cn(-c3c(F)cccc3F)nc2C(N)=O)cc1. The van der Waals surface area contributed by atoms with E-state index in [0.717, 1.165) is 21.5 Å². The summed E-state index contributed by atoms with van der Waals surface area (Å²) in [6.07, 6.45) is -3.27. The highest BCUT2D eigenvalue weighted by molar-refractivity contribution is 5.97. The van der Waals surface area contributed by atoms with Crippen LogP contribution in [-0.2, 0) is 12.6 Å². The first-order valence-electron chi connectivity index (χ1n) is 9.83. The average molecular weight is 477 g/mol. The van der Waals surface area contributed by atoms with Crippen LogP contribution in [0.1, 0.15) is 29.1 Å². The van der Waals surface area contributed by atoms with E-state index in [9.17, 15) is 26.7 Å². The number of aromatic nitrogens is 5. The summed E-state index contributed by atoms with van der Waals surface area (Å²) in [5, 5.41) is 10.3.